The molecule has 0 aliphatic heterocycles. The molecule has 0 aliphatic carbocycles. The highest BCUT2D eigenvalue weighted by atomic mass is 79.9. The number of aromatic nitrogens is 1. The molecule has 2 rings (SSSR count). The van der Waals surface area contributed by atoms with Crippen LogP contribution in [0.3, 0.4) is 0 Å². The molecule has 0 saturated heterocycles. The number of hydrogen-bond donors (Lipinski definition) is 0. The van der Waals surface area contributed by atoms with Gasteiger partial charge in [-0.05, 0) is 53.0 Å². The Bertz CT molecular complexity index is 574. The van der Waals surface area contributed by atoms with Gasteiger partial charge in [0.05, 0.1) is 11.6 Å². The summed E-state index contributed by atoms with van der Waals surface area (Å²) in [6.45, 7) is 2.19. The molecule has 0 fully saturated rings. The standard InChI is InChI=1S/C16H19BrN2O/c1-12(11-13-7-4-5-9-15(13)20-3)19(2)16-14(17)8-6-10-18-16/h4-10,12H,11H2,1-3H3. The van der Waals surface area contributed by atoms with Crippen LogP contribution in [0.15, 0.2) is 47.1 Å². The fourth-order valence-electron chi connectivity index (χ4n) is 2.17. The van der Waals surface area contributed by atoms with Crippen molar-refractivity contribution in [3.63, 3.8) is 0 Å². The van der Waals surface area contributed by atoms with Crippen molar-refractivity contribution in [2.24, 2.45) is 0 Å². The van der Waals surface area contributed by atoms with Crippen molar-refractivity contribution in [2.75, 3.05) is 19.1 Å². The molecular weight excluding hydrogens is 316 g/mol. The van der Waals surface area contributed by atoms with Gasteiger partial charge in [-0.25, -0.2) is 4.98 Å². The van der Waals surface area contributed by atoms with Crippen molar-refractivity contribution in [1.82, 2.24) is 4.98 Å². The Hall–Kier alpha value is -1.55. The van der Waals surface area contributed by atoms with E-state index in [0.717, 1.165) is 22.5 Å². The van der Waals surface area contributed by atoms with Gasteiger partial charge in [-0.15, -0.1) is 0 Å². The van der Waals surface area contributed by atoms with E-state index in [1.165, 1.54) is 5.56 Å². The topological polar surface area (TPSA) is 25.4 Å². The third-order valence-electron chi connectivity index (χ3n) is 3.44. The summed E-state index contributed by atoms with van der Waals surface area (Å²) in [5.41, 5.74) is 1.21. The Labute approximate surface area is 128 Å². The van der Waals surface area contributed by atoms with Crippen molar-refractivity contribution >= 4 is 21.7 Å². The average molecular weight is 335 g/mol. The number of hydrogen-bond acceptors (Lipinski definition) is 3. The fourth-order valence-corrected chi connectivity index (χ4v) is 2.71. The molecule has 2 aromatic rings. The van der Waals surface area contributed by atoms with E-state index in [2.05, 4.69) is 45.9 Å². The number of halogens is 1. The summed E-state index contributed by atoms with van der Waals surface area (Å²) in [6.07, 6.45) is 2.72. The smallest absolute Gasteiger partial charge is 0.142 e. The lowest BCUT2D eigenvalue weighted by molar-refractivity contribution is 0.408. The van der Waals surface area contributed by atoms with Gasteiger partial charge in [-0.3, -0.25) is 0 Å². The van der Waals surface area contributed by atoms with Gasteiger partial charge < -0.3 is 9.64 Å². The minimum Gasteiger partial charge on any atom is -0.496 e. The summed E-state index contributed by atoms with van der Waals surface area (Å²) in [7, 11) is 3.77. The number of para-hydroxylation sites is 1. The van der Waals surface area contributed by atoms with Crippen molar-refractivity contribution < 1.29 is 4.74 Å². The molecule has 1 heterocycles. The van der Waals surface area contributed by atoms with E-state index in [1.807, 2.05) is 36.5 Å². The summed E-state index contributed by atoms with van der Waals surface area (Å²) in [5, 5.41) is 0. The highest BCUT2D eigenvalue weighted by Crippen LogP contribution is 2.26. The number of anilines is 1. The molecule has 0 bridgehead atoms. The van der Waals surface area contributed by atoms with Gasteiger partial charge in [0, 0.05) is 19.3 Å². The summed E-state index contributed by atoms with van der Waals surface area (Å²) in [6, 6.07) is 12.4. The second-order valence-corrected chi connectivity index (χ2v) is 5.64. The van der Waals surface area contributed by atoms with Crippen LogP contribution in [-0.4, -0.2) is 25.2 Å². The van der Waals surface area contributed by atoms with Crippen LogP contribution in [0.1, 0.15) is 12.5 Å². The number of nitrogens with zero attached hydrogens (tertiary/aromatic N) is 2. The largest absolute Gasteiger partial charge is 0.496 e. The molecule has 3 nitrogen and oxygen atoms in total. The predicted octanol–water partition coefficient (Wildman–Crippen LogP) is 3.92. The van der Waals surface area contributed by atoms with E-state index in [1.54, 1.807) is 7.11 Å². The molecule has 20 heavy (non-hydrogen) atoms. The normalized spacial score (nSPS) is 12.0. The molecule has 4 heteroatoms. The Morgan fingerprint density at radius 1 is 1.25 bits per heavy atom. The minimum absolute atomic E-state index is 0.317. The monoisotopic (exact) mass is 334 g/mol. The summed E-state index contributed by atoms with van der Waals surface area (Å²) in [4.78, 5) is 6.61. The Morgan fingerprint density at radius 3 is 2.70 bits per heavy atom. The Kier molecular flexibility index (Phi) is 5.01. The van der Waals surface area contributed by atoms with Gasteiger partial charge >= 0.3 is 0 Å². The number of rotatable bonds is 5. The highest BCUT2D eigenvalue weighted by molar-refractivity contribution is 9.10. The zero-order valence-electron chi connectivity index (χ0n) is 12.0. The SMILES string of the molecule is COc1ccccc1CC(C)N(C)c1ncccc1Br. The van der Waals surface area contributed by atoms with Crippen LogP contribution in [0.4, 0.5) is 5.82 Å². The van der Waals surface area contributed by atoms with Crippen LogP contribution in [0.25, 0.3) is 0 Å². The van der Waals surface area contributed by atoms with E-state index in [9.17, 15) is 0 Å². The van der Waals surface area contributed by atoms with Crippen molar-refractivity contribution in [1.29, 1.82) is 0 Å². The molecule has 0 aliphatic rings. The molecule has 0 amide bonds. The average Bonchev–Trinajstić information content (AvgIpc) is 2.47. The van der Waals surface area contributed by atoms with E-state index in [4.69, 9.17) is 4.74 Å². The van der Waals surface area contributed by atoms with Crippen LogP contribution in [-0.2, 0) is 6.42 Å². The van der Waals surface area contributed by atoms with Gasteiger partial charge in [-0.1, -0.05) is 18.2 Å². The number of benzene rings is 1. The third-order valence-corrected chi connectivity index (χ3v) is 4.06. The van der Waals surface area contributed by atoms with Gasteiger partial charge in [0.2, 0.25) is 0 Å². The zero-order chi connectivity index (χ0) is 14.5. The first kappa shape index (κ1) is 14.9. The second kappa shape index (κ2) is 6.75. The summed E-state index contributed by atoms with van der Waals surface area (Å²) in [5.74, 6) is 1.89. The van der Waals surface area contributed by atoms with Gasteiger partial charge in [0.25, 0.3) is 0 Å². The van der Waals surface area contributed by atoms with E-state index >= 15 is 0 Å². The predicted molar refractivity (Wildman–Crippen MR) is 86.5 cm³/mol. The molecule has 106 valence electrons. The first-order valence-electron chi connectivity index (χ1n) is 6.58. The van der Waals surface area contributed by atoms with Crippen molar-refractivity contribution in [3.05, 3.63) is 52.6 Å². The van der Waals surface area contributed by atoms with Crippen LogP contribution in [0, 0.1) is 0 Å². The Balaban J connectivity index is 2.16. The lowest BCUT2D eigenvalue weighted by atomic mass is 10.1. The minimum atomic E-state index is 0.317. The quantitative estimate of drug-likeness (QED) is 0.828. The summed E-state index contributed by atoms with van der Waals surface area (Å²) >= 11 is 3.55. The lowest BCUT2D eigenvalue weighted by Crippen LogP contribution is -2.31. The van der Waals surface area contributed by atoms with Gasteiger partial charge in [0.1, 0.15) is 11.6 Å². The van der Waals surface area contributed by atoms with Crippen molar-refractivity contribution in [3.8, 4) is 5.75 Å². The molecule has 0 spiro atoms. The van der Waals surface area contributed by atoms with Crippen molar-refractivity contribution in [2.45, 2.75) is 19.4 Å². The fraction of sp³-hybridized carbons (Fsp3) is 0.312. The lowest BCUT2D eigenvalue weighted by Gasteiger charge is -2.27. The zero-order valence-corrected chi connectivity index (χ0v) is 13.6. The molecule has 0 radical (unpaired) electrons. The summed E-state index contributed by atoms with van der Waals surface area (Å²) < 4.78 is 6.42. The molecule has 1 unspecified atom stereocenters. The molecule has 1 aromatic heterocycles. The third kappa shape index (κ3) is 3.31. The second-order valence-electron chi connectivity index (χ2n) is 4.78. The van der Waals surface area contributed by atoms with E-state index < -0.39 is 0 Å². The van der Waals surface area contributed by atoms with E-state index in [-0.39, 0.29) is 0 Å². The van der Waals surface area contributed by atoms with Crippen LogP contribution in [0.5, 0.6) is 5.75 Å². The Morgan fingerprint density at radius 2 is 2.00 bits per heavy atom. The molecule has 0 N–H and O–H groups in total. The number of ether oxygens (including phenoxy) is 1. The first-order chi connectivity index (χ1) is 9.63. The van der Waals surface area contributed by atoms with Crippen LogP contribution < -0.4 is 9.64 Å². The van der Waals surface area contributed by atoms with E-state index in [0.29, 0.717) is 6.04 Å². The maximum absolute atomic E-state index is 5.41. The van der Waals surface area contributed by atoms with Gasteiger partial charge in [0.15, 0.2) is 0 Å². The molecule has 1 aromatic carbocycles. The van der Waals surface area contributed by atoms with Crippen LogP contribution >= 0.6 is 15.9 Å². The maximum Gasteiger partial charge on any atom is 0.142 e. The molecule has 1 atom stereocenters. The number of methoxy groups -OCH3 is 1. The number of likely N-dealkylation sites (N-methyl/N-ethyl adjacent to an activating group) is 1. The molecule has 0 saturated carbocycles. The first-order valence-corrected chi connectivity index (χ1v) is 7.38. The molecular formula is C16H19BrN2O. The number of pyridine rings is 1. The van der Waals surface area contributed by atoms with Gasteiger partial charge in [-0.2, -0.15) is 0 Å². The van der Waals surface area contributed by atoms with Crippen LogP contribution in [0.2, 0.25) is 0 Å². The highest BCUT2D eigenvalue weighted by Gasteiger charge is 2.15. The maximum atomic E-state index is 5.41.